The Hall–Kier alpha value is -1.65. The second kappa shape index (κ2) is 6.68. The van der Waals surface area contributed by atoms with Crippen LogP contribution in [0.15, 0.2) is 30.5 Å². The number of aromatic nitrogens is 2. The summed E-state index contributed by atoms with van der Waals surface area (Å²) < 4.78 is 7.02. The predicted molar refractivity (Wildman–Crippen MR) is 80.4 cm³/mol. The molecule has 0 saturated heterocycles. The molecule has 108 valence electrons. The van der Waals surface area contributed by atoms with Crippen molar-refractivity contribution in [1.29, 1.82) is 0 Å². The van der Waals surface area contributed by atoms with Crippen LogP contribution < -0.4 is 5.32 Å². The molecule has 2 rings (SSSR count). The number of rotatable bonds is 6. The van der Waals surface area contributed by atoms with Crippen molar-refractivity contribution in [3.63, 3.8) is 0 Å². The Labute approximate surface area is 120 Å². The zero-order chi connectivity index (χ0) is 14.5. The average Bonchev–Trinajstić information content (AvgIpc) is 2.78. The Kier molecular flexibility index (Phi) is 4.93. The van der Waals surface area contributed by atoms with Gasteiger partial charge < -0.3 is 10.1 Å². The molecule has 0 aliphatic rings. The standard InChI is InChI=1S/C16H23N3O/c1-12(16-10-18-19(3)13(16)2)17-9-14-5-7-15(8-6-14)11-20-4/h5-8,10,12,17H,9,11H2,1-4H3. The summed E-state index contributed by atoms with van der Waals surface area (Å²) in [4.78, 5) is 0. The van der Waals surface area contributed by atoms with Gasteiger partial charge in [0.2, 0.25) is 0 Å². The van der Waals surface area contributed by atoms with Crippen molar-refractivity contribution in [3.05, 3.63) is 52.8 Å². The van der Waals surface area contributed by atoms with Gasteiger partial charge in [-0.1, -0.05) is 24.3 Å². The maximum atomic E-state index is 5.11. The van der Waals surface area contributed by atoms with Crippen molar-refractivity contribution >= 4 is 0 Å². The lowest BCUT2D eigenvalue weighted by Gasteiger charge is -2.14. The van der Waals surface area contributed by atoms with Crippen LogP contribution >= 0.6 is 0 Å². The van der Waals surface area contributed by atoms with Crippen LogP contribution in [0.25, 0.3) is 0 Å². The molecule has 20 heavy (non-hydrogen) atoms. The van der Waals surface area contributed by atoms with Gasteiger partial charge in [0.05, 0.1) is 12.8 Å². The lowest BCUT2D eigenvalue weighted by atomic mass is 10.1. The maximum Gasteiger partial charge on any atom is 0.0713 e. The molecule has 1 aromatic carbocycles. The maximum absolute atomic E-state index is 5.11. The van der Waals surface area contributed by atoms with E-state index in [0.717, 1.165) is 6.54 Å². The molecular weight excluding hydrogens is 250 g/mol. The Morgan fingerprint density at radius 1 is 1.25 bits per heavy atom. The highest BCUT2D eigenvalue weighted by Gasteiger charge is 2.11. The summed E-state index contributed by atoms with van der Waals surface area (Å²) in [6.07, 6.45) is 1.94. The van der Waals surface area contributed by atoms with E-state index in [9.17, 15) is 0 Å². The summed E-state index contributed by atoms with van der Waals surface area (Å²) in [7, 11) is 3.69. The van der Waals surface area contributed by atoms with E-state index < -0.39 is 0 Å². The van der Waals surface area contributed by atoms with Crippen molar-refractivity contribution in [2.75, 3.05) is 7.11 Å². The molecule has 0 amide bonds. The SMILES string of the molecule is COCc1ccc(CNC(C)c2cnn(C)c2C)cc1. The van der Waals surface area contributed by atoms with Crippen molar-refractivity contribution in [2.45, 2.75) is 33.0 Å². The highest BCUT2D eigenvalue weighted by atomic mass is 16.5. The molecule has 0 aliphatic heterocycles. The largest absolute Gasteiger partial charge is 0.380 e. The van der Waals surface area contributed by atoms with Gasteiger partial charge >= 0.3 is 0 Å². The van der Waals surface area contributed by atoms with E-state index in [1.165, 1.54) is 22.4 Å². The van der Waals surface area contributed by atoms with Crippen molar-refractivity contribution in [1.82, 2.24) is 15.1 Å². The van der Waals surface area contributed by atoms with E-state index >= 15 is 0 Å². The van der Waals surface area contributed by atoms with E-state index in [2.05, 4.69) is 48.5 Å². The second-order valence-corrected chi connectivity index (χ2v) is 5.16. The molecule has 1 unspecified atom stereocenters. The van der Waals surface area contributed by atoms with Gasteiger partial charge in [-0.25, -0.2) is 0 Å². The van der Waals surface area contributed by atoms with Crippen molar-refractivity contribution in [3.8, 4) is 0 Å². The van der Waals surface area contributed by atoms with Gasteiger partial charge in [0.25, 0.3) is 0 Å². The Morgan fingerprint density at radius 2 is 1.90 bits per heavy atom. The van der Waals surface area contributed by atoms with Crippen LogP contribution in [0.4, 0.5) is 0 Å². The van der Waals surface area contributed by atoms with E-state index in [-0.39, 0.29) is 0 Å². The molecule has 0 radical (unpaired) electrons. The first-order valence-corrected chi connectivity index (χ1v) is 6.90. The fourth-order valence-corrected chi connectivity index (χ4v) is 2.24. The lowest BCUT2D eigenvalue weighted by molar-refractivity contribution is 0.185. The van der Waals surface area contributed by atoms with Gasteiger partial charge in [-0.3, -0.25) is 4.68 Å². The first-order valence-electron chi connectivity index (χ1n) is 6.90. The van der Waals surface area contributed by atoms with Gasteiger partial charge in [-0.15, -0.1) is 0 Å². The fourth-order valence-electron chi connectivity index (χ4n) is 2.24. The first kappa shape index (κ1) is 14.8. The molecule has 1 heterocycles. The summed E-state index contributed by atoms with van der Waals surface area (Å²) in [5.74, 6) is 0. The highest BCUT2D eigenvalue weighted by Crippen LogP contribution is 2.16. The fraction of sp³-hybridized carbons (Fsp3) is 0.438. The number of hydrogen-bond donors (Lipinski definition) is 1. The van der Waals surface area contributed by atoms with Crippen LogP contribution in [0.5, 0.6) is 0 Å². The Balaban J connectivity index is 1.93. The smallest absolute Gasteiger partial charge is 0.0713 e. The average molecular weight is 273 g/mol. The number of aryl methyl sites for hydroxylation is 1. The zero-order valence-corrected chi connectivity index (χ0v) is 12.7. The molecule has 2 aromatic rings. The van der Waals surface area contributed by atoms with Crippen LogP contribution in [0, 0.1) is 6.92 Å². The molecule has 1 atom stereocenters. The molecule has 0 bridgehead atoms. The summed E-state index contributed by atoms with van der Waals surface area (Å²) >= 11 is 0. The summed E-state index contributed by atoms with van der Waals surface area (Å²) in [6, 6.07) is 8.80. The third-order valence-electron chi connectivity index (χ3n) is 3.69. The molecule has 0 saturated carbocycles. The highest BCUT2D eigenvalue weighted by molar-refractivity contribution is 5.23. The van der Waals surface area contributed by atoms with E-state index in [1.54, 1.807) is 7.11 Å². The van der Waals surface area contributed by atoms with Crippen molar-refractivity contribution < 1.29 is 4.74 Å². The lowest BCUT2D eigenvalue weighted by Crippen LogP contribution is -2.18. The Morgan fingerprint density at radius 3 is 2.45 bits per heavy atom. The molecule has 4 nitrogen and oxygen atoms in total. The number of hydrogen-bond acceptors (Lipinski definition) is 3. The molecular formula is C16H23N3O. The summed E-state index contributed by atoms with van der Waals surface area (Å²) in [5.41, 5.74) is 4.94. The second-order valence-electron chi connectivity index (χ2n) is 5.16. The van der Waals surface area contributed by atoms with Crippen LogP contribution in [0.2, 0.25) is 0 Å². The van der Waals surface area contributed by atoms with E-state index in [4.69, 9.17) is 4.74 Å². The predicted octanol–water partition coefficient (Wildman–Crippen LogP) is 2.73. The number of methoxy groups -OCH3 is 1. The van der Waals surface area contributed by atoms with Gasteiger partial charge in [-0.2, -0.15) is 5.10 Å². The molecule has 0 fully saturated rings. The number of nitrogens with one attached hydrogen (secondary N) is 1. The first-order chi connectivity index (χ1) is 9.61. The number of ether oxygens (including phenoxy) is 1. The normalized spacial score (nSPS) is 12.6. The molecule has 0 aliphatic carbocycles. The van der Waals surface area contributed by atoms with Gasteiger partial charge in [0.15, 0.2) is 0 Å². The third kappa shape index (κ3) is 3.46. The quantitative estimate of drug-likeness (QED) is 0.879. The topological polar surface area (TPSA) is 39.1 Å². The van der Waals surface area contributed by atoms with Gasteiger partial charge in [0.1, 0.15) is 0 Å². The molecule has 1 N–H and O–H groups in total. The van der Waals surface area contributed by atoms with Gasteiger partial charge in [-0.05, 0) is 25.0 Å². The number of nitrogens with zero attached hydrogens (tertiary/aromatic N) is 2. The monoisotopic (exact) mass is 273 g/mol. The van der Waals surface area contributed by atoms with E-state index in [0.29, 0.717) is 12.6 Å². The van der Waals surface area contributed by atoms with Gasteiger partial charge in [0, 0.05) is 38.0 Å². The minimum absolute atomic E-state index is 0.294. The zero-order valence-electron chi connectivity index (χ0n) is 12.7. The summed E-state index contributed by atoms with van der Waals surface area (Å²) in [5, 5.41) is 7.82. The van der Waals surface area contributed by atoms with Crippen molar-refractivity contribution in [2.24, 2.45) is 7.05 Å². The Bertz CT molecular complexity index is 545. The molecule has 1 aromatic heterocycles. The minimum atomic E-state index is 0.294. The summed E-state index contributed by atoms with van der Waals surface area (Å²) in [6.45, 7) is 5.78. The minimum Gasteiger partial charge on any atom is -0.380 e. The van der Waals surface area contributed by atoms with Crippen LogP contribution in [-0.4, -0.2) is 16.9 Å². The van der Waals surface area contributed by atoms with E-state index in [1.807, 2.05) is 17.9 Å². The molecule has 0 spiro atoms. The molecule has 4 heteroatoms. The van der Waals surface area contributed by atoms with Crippen LogP contribution in [0.1, 0.15) is 35.3 Å². The van der Waals surface area contributed by atoms with Crippen LogP contribution in [-0.2, 0) is 24.9 Å². The number of benzene rings is 1. The third-order valence-corrected chi connectivity index (χ3v) is 3.69. The van der Waals surface area contributed by atoms with Crippen LogP contribution in [0.3, 0.4) is 0 Å².